The van der Waals surface area contributed by atoms with Gasteiger partial charge in [-0.15, -0.1) is 0 Å². The zero-order chi connectivity index (χ0) is 13.5. The Morgan fingerprint density at radius 1 is 1.05 bits per heavy atom. The van der Waals surface area contributed by atoms with E-state index in [9.17, 15) is 14.4 Å². The first-order valence-electron chi connectivity index (χ1n) is 7.31. The maximum absolute atomic E-state index is 12.7. The molecule has 19 heavy (non-hydrogen) atoms. The highest BCUT2D eigenvalue weighted by Crippen LogP contribution is 2.40. The van der Waals surface area contributed by atoms with Gasteiger partial charge in [0.05, 0.1) is 0 Å². The number of nitrogens with zero attached hydrogens (tertiary/aromatic N) is 1. The molecule has 5 nitrogen and oxygen atoms in total. The van der Waals surface area contributed by atoms with E-state index in [1.165, 1.54) is 4.90 Å². The number of nitrogens with one attached hydrogen (secondary N) is 1. The van der Waals surface area contributed by atoms with Crippen LogP contribution in [0.5, 0.6) is 0 Å². The highest BCUT2D eigenvalue weighted by molar-refractivity contribution is 6.19. The van der Waals surface area contributed by atoms with Crippen LogP contribution in [-0.4, -0.2) is 29.3 Å². The normalized spacial score (nSPS) is 27.4. The predicted molar refractivity (Wildman–Crippen MR) is 68.1 cm³/mol. The average Bonchev–Trinajstić information content (AvgIpc) is 3.20. The molecule has 0 unspecified atom stereocenters. The molecular formula is C14H20N2O3. The summed E-state index contributed by atoms with van der Waals surface area (Å²) >= 11 is 0. The predicted octanol–water partition coefficient (Wildman–Crippen LogP) is 1.82. The number of urea groups is 1. The second kappa shape index (κ2) is 4.62. The molecule has 0 atom stereocenters. The molecule has 3 rings (SSSR count). The third-order valence-corrected chi connectivity index (χ3v) is 4.65. The van der Waals surface area contributed by atoms with Crippen molar-refractivity contribution in [3.63, 3.8) is 0 Å². The molecule has 1 aliphatic heterocycles. The first kappa shape index (κ1) is 12.6. The van der Waals surface area contributed by atoms with Crippen LogP contribution < -0.4 is 5.32 Å². The fourth-order valence-electron chi connectivity index (χ4n) is 3.23. The Kier molecular flexibility index (Phi) is 3.07. The largest absolute Gasteiger partial charge is 0.330 e. The Morgan fingerprint density at radius 2 is 1.68 bits per heavy atom. The molecule has 3 fully saturated rings. The van der Waals surface area contributed by atoms with Gasteiger partial charge in [0.2, 0.25) is 11.8 Å². The van der Waals surface area contributed by atoms with Crippen LogP contribution in [0.1, 0.15) is 51.4 Å². The van der Waals surface area contributed by atoms with Crippen LogP contribution in [0.4, 0.5) is 4.79 Å². The zero-order valence-corrected chi connectivity index (χ0v) is 11.1. The van der Waals surface area contributed by atoms with Crippen LogP contribution in [0.3, 0.4) is 0 Å². The van der Waals surface area contributed by atoms with Gasteiger partial charge in [-0.2, -0.15) is 0 Å². The number of imide groups is 2. The third-order valence-electron chi connectivity index (χ3n) is 4.65. The molecule has 1 saturated heterocycles. The fourth-order valence-corrected chi connectivity index (χ4v) is 3.23. The molecule has 1 spiro atoms. The van der Waals surface area contributed by atoms with Gasteiger partial charge in [0.25, 0.3) is 0 Å². The van der Waals surface area contributed by atoms with Crippen molar-refractivity contribution in [3.05, 3.63) is 0 Å². The van der Waals surface area contributed by atoms with Gasteiger partial charge in [0.15, 0.2) is 0 Å². The quantitative estimate of drug-likeness (QED) is 0.773. The van der Waals surface area contributed by atoms with Crippen LogP contribution in [0.25, 0.3) is 0 Å². The molecule has 104 valence electrons. The van der Waals surface area contributed by atoms with Crippen LogP contribution >= 0.6 is 0 Å². The van der Waals surface area contributed by atoms with Crippen molar-refractivity contribution in [2.45, 2.75) is 51.4 Å². The first-order chi connectivity index (χ1) is 9.13. The molecular weight excluding hydrogens is 244 g/mol. The lowest BCUT2D eigenvalue weighted by Crippen LogP contribution is -2.64. The highest BCUT2D eigenvalue weighted by Gasteiger charge is 2.53. The molecule has 1 N–H and O–H groups in total. The van der Waals surface area contributed by atoms with Crippen LogP contribution in [0.15, 0.2) is 0 Å². The number of hydrogen-bond donors (Lipinski definition) is 1. The molecule has 5 heteroatoms. The van der Waals surface area contributed by atoms with Crippen molar-refractivity contribution in [2.24, 2.45) is 11.3 Å². The summed E-state index contributed by atoms with van der Waals surface area (Å²) in [6, 6.07) is -0.517. The fraction of sp³-hybridized carbons (Fsp3) is 0.786. The molecule has 0 aromatic carbocycles. The first-order valence-corrected chi connectivity index (χ1v) is 7.31. The zero-order valence-electron chi connectivity index (χ0n) is 11.1. The van der Waals surface area contributed by atoms with E-state index < -0.39 is 11.4 Å². The van der Waals surface area contributed by atoms with Gasteiger partial charge < -0.3 is 0 Å². The summed E-state index contributed by atoms with van der Waals surface area (Å²) in [4.78, 5) is 38.1. The lowest BCUT2D eigenvalue weighted by molar-refractivity contribution is -0.152. The molecule has 1 heterocycles. The Bertz CT molecular complexity index is 420. The number of amides is 4. The number of carbonyl (C=O) groups is 3. The van der Waals surface area contributed by atoms with Gasteiger partial charge in [-0.05, 0) is 31.6 Å². The van der Waals surface area contributed by atoms with Gasteiger partial charge in [-0.1, -0.05) is 25.7 Å². The minimum atomic E-state index is -0.959. The Labute approximate surface area is 112 Å². The van der Waals surface area contributed by atoms with E-state index in [1.807, 2.05) is 0 Å². The van der Waals surface area contributed by atoms with Crippen molar-refractivity contribution in [1.29, 1.82) is 0 Å². The maximum Gasteiger partial charge on any atom is 0.330 e. The molecule has 2 saturated carbocycles. The molecule has 2 aliphatic carbocycles. The lowest BCUT2D eigenvalue weighted by Gasteiger charge is -2.38. The topological polar surface area (TPSA) is 66.5 Å². The summed E-state index contributed by atoms with van der Waals surface area (Å²) in [5.41, 5.74) is -0.959. The van der Waals surface area contributed by atoms with E-state index in [0.717, 1.165) is 38.5 Å². The maximum atomic E-state index is 12.7. The van der Waals surface area contributed by atoms with Gasteiger partial charge in [0.1, 0.15) is 5.41 Å². The Morgan fingerprint density at radius 3 is 2.26 bits per heavy atom. The molecule has 0 aromatic heterocycles. The molecule has 0 aromatic rings. The second-order valence-corrected chi connectivity index (χ2v) is 6.11. The summed E-state index contributed by atoms with van der Waals surface area (Å²) in [7, 11) is 0. The van der Waals surface area contributed by atoms with Crippen LogP contribution in [0.2, 0.25) is 0 Å². The van der Waals surface area contributed by atoms with Crippen molar-refractivity contribution >= 4 is 17.8 Å². The Balaban J connectivity index is 1.86. The number of rotatable bonds is 2. The van der Waals surface area contributed by atoms with E-state index in [4.69, 9.17) is 0 Å². The van der Waals surface area contributed by atoms with E-state index in [2.05, 4.69) is 5.32 Å². The Hall–Kier alpha value is -1.39. The van der Waals surface area contributed by atoms with Gasteiger partial charge >= 0.3 is 6.03 Å². The minimum absolute atomic E-state index is 0.241. The van der Waals surface area contributed by atoms with Crippen LogP contribution in [0, 0.1) is 11.3 Å². The second-order valence-electron chi connectivity index (χ2n) is 6.11. The standard InChI is InChI=1S/C14H20N2O3/c17-11-14(7-3-1-2-4-8-14)12(18)16(13(19)15-11)9-10-5-6-10/h10H,1-9H2,(H,15,17,19). The van der Waals surface area contributed by atoms with Crippen molar-refractivity contribution in [1.82, 2.24) is 10.2 Å². The van der Waals surface area contributed by atoms with Gasteiger partial charge in [-0.25, -0.2) is 4.79 Å². The van der Waals surface area contributed by atoms with E-state index in [0.29, 0.717) is 25.3 Å². The van der Waals surface area contributed by atoms with Crippen molar-refractivity contribution < 1.29 is 14.4 Å². The summed E-state index contributed by atoms with van der Waals surface area (Å²) in [5, 5.41) is 2.41. The van der Waals surface area contributed by atoms with Crippen molar-refractivity contribution in [2.75, 3.05) is 6.54 Å². The number of hydrogen-bond acceptors (Lipinski definition) is 3. The monoisotopic (exact) mass is 264 g/mol. The minimum Gasteiger partial charge on any atom is -0.277 e. The summed E-state index contributed by atoms with van der Waals surface area (Å²) in [6.45, 7) is 0.486. The van der Waals surface area contributed by atoms with Crippen molar-refractivity contribution in [3.8, 4) is 0 Å². The average molecular weight is 264 g/mol. The molecule has 0 bridgehead atoms. The number of barbiturate groups is 1. The third kappa shape index (κ3) is 2.15. The summed E-state index contributed by atoms with van der Waals surface area (Å²) in [5.74, 6) is -0.155. The van der Waals surface area contributed by atoms with E-state index >= 15 is 0 Å². The number of carbonyl (C=O) groups excluding carboxylic acids is 3. The summed E-state index contributed by atoms with van der Waals surface area (Å²) < 4.78 is 0. The molecule has 3 aliphatic rings. The van der Waals surface area contributed by atoms with Crippen LogP contribution in [-0.2, 0) is 9.59 Å². The molecule has 4 amide bonds. The smallest absolute Gasteiger partial charge is 0.277 e. The highest BCUT2D eigenvalue weighted by atomic mass is 16.2. The molecule has 0 radical (unpaired) electrons. The SMILES string of the molecule is O=C1NC(=O)C2(CCCCCC2)C(=O)N1CC1CC1. The van der Waals surface area contributed by atoms with Gasteiger partial charge in [0, 0.05) is 6.54 Å². The summed E-state index contributed by atoms with van der Waals surface area (Å²) in [6.07, 6.45) is 7.27. The lowest BCUT2D eigenvalue weighted by atomic mass is 9.77. The van der Waals surface area contributed by atoms with E-state index in [1.54, 1.807) is 0 Å². The van der Waals surface area contributed by atoms with Gasteiger partial charge in [-0.3, -0.25) is 19.8 Å². The van der Waals surface area contributed by atoms with E-state index in [-0.39, 0.29) is 11.8 Å².